The van der Waals surface area contributed by atoms with Gasteiger partial charge in [-0.15, -0.1) is 0 Å². The van der Waals surface area contributed by atoms with Crippen molar-refractivity contribution < 1.29 is 17.9 Å². The van der Waals surface area contributed by atoms with Crippen LogP contribution in [0.3, 0.4) is 0 Å². The van der Waals surface area contributed by atoms with Crippen molar-refractivity contribution in [2.75, 3.05) is 24.1 Å². The second-order valence-electron chi connectivity index (χ2n) is 6.83. The highest BCUT2D eigenvalue weighted by atomic mass is 32.2. The fourth-order valence-electron chi connectivity index (χ4n) is 3.08. The Kier molecular flexibility index (Phi) is 6.84. The van der Waals surface area contributed by atoms with Gasteiger partial charge in [-0.25, -0.2) is 8.42 Å². The molecule has 2 rings (SSSR count). The first-order valence-corrected chi connectivity index (χ1v) is 10.6. The van der Waals surface area contributed by atoms with Gasteiger partial charge in [-0.3, -0.25) is 9.52 Å². The molecular weight excluding hydrogens is 340 g/mol. The second kappa shape index (κ2) is 8.67. The first-order valence-electron chi connectivity index (χ1n) is 8.74. The van der Waals surface area contributed by atoms with Crippen molar-refractivity contribution in [2.24, 2.45) is 5.92 Å². The summed E-state index contributed by atoms with van der Waals surface area (Å²) in [5.74, 6) is 0.336. The number of carbonyl (C=O) groups is 1. The topological polar surface area (TPSA) is 84.5 Å². The van der Waals surface area contributed by atoms with Crippen LogP contribution in [0.15, 0.2) is 18.2 Å². The lowest BCUT2D eigenvalue weighted by molar-refractivity contribution is -0.00293. The van der Waals surface area contributed by atoms with E-state index in [2.05, 4.69) is 17.0 Å². The molecule has 0 spiro atoms. The van der Waals surface area contributed by atoms with Crippen LogP contribution in [0.25, 0.3) is 0 Å². The number of hydrogen-bond acceptors (Lipinski definition) is 4. The lowest BCUT2D eigenvalue weighted by atomic mass is 9.88. The van der Waals surface area contributed by atoms with Gasteiger partial charge < -0.3 is 10.1 Å². The SMILES string of the molecule is Cc1ccc(C(=O)NCCOC2CCCCC2C)cc1NS(C)(=O)=O. The van der Waals surface area contributed by atoms with E-state index < -0.39 is 10.0 Å². The van der Waals surface area contributed by atoms with Crippen molar-refractivity contribution in [3.63, 3.8) is 0 Å². The van der Waals surface area contributed by atoms with E-state index in [-0.39, 0.29) is 12.0 Å². The molecule has 0 bridgehead atoms. The molecule has 0 heterocycles. The number of nitrogens with one attached hydrogen (secondary N) is 2. The van der Waals surface area contributed by atoms with Crippen molar-refractivity contribution in [1.82, 2.24) is 5.32 Å². The number of benzene rings is 1. The monoisotopic (exact) mass is 368 g/mol. The predicted molar refractivity (Wildman–Crippen MR) is 99.4 cm³/mol. The summed E-state index contributed by atoms with van der Waals surface area (Å²) in [5.41, 5.74) is 1.60. The highest BCUT2D eigenvalue weighted by Crippen LogP contribution is 2.26. The molecule has 140 valence electrons. The number of rotatable bonds is 7. The lowest BCUT2D eigenvalue weighted by Gasteiger charge is -2.28. The Morgan fingerprint density at radius 1 is 1.28 bits per heavy atom. The van der Waals surface area contributed by atoms with Gasteiger partial charge in [-0.2, -0.15) is 0 Å². The molecule has 0 saturated heterocycles. The highest BCUT2D eigenvalue weighted by molar-refractivity contribution is 7.92. The molecule has 0 radical (unpaired) electrons. The molecule has 7 heteroatoms. The number of aryl methyl sites for hydroxylation is 1. The van der Waals surface area contributed by atoms with Crippen LogP contribution >= 0.6 is 0 Å². The Labute approximate surface area is 150 Å². The van der Waals surface area contributed by atoms with Crippen LogP contribution < -0.4 is 10.0 Å². The summed E-state index contributed by atoms with van der Waals surface area (Å²) in [6, 6.07) is 4.96. The molecule has 1 aliphatic carbocycles. The first-order chi connectivity index (χ1) is 11.8. The average Bonchev–Trinajstić information content (AvgIpc) is 2.53. The van der Waals surface area contributed by atoms with E-state index >= 15 is 0 Å². The second-order valence-corrected chi connectivity index (χ2v) is 8.58. The van der Waals surface area contributed by atoms with E-state index in [0.29, 0.717) is 30.3 Å². The van der Waals surface area contributed by atoms with Gasteiger partial charge in [0.2, 0.25) is 10.0 Å². The fraction of sp³-hybridized carbons (Fsp3) is 0.611. The molecule has 1 saturated carbocycles. The van der Waals surface area contributed by atoms with E-state index in [9.17, 15) is 13.2 Å². The molecule has 25 heavy (non-hydrogen) atoms. The third-order valence-electron chi connectivity index (χ3n) is 4.55. The standard InChI is InChI=1S/C18H28N2O4S/c1-13-8-9-15(12-16(13)20-25(3,22)23)18(21)19-10-11-24-17-7-5-4-6-14(17)2/h8-9,12,14,17,20H,4-7,10-11H2,1-3H3,(H,19,21). The molecule has 1 aromatic rings. The minimum Gasteiger partial charge on any atom is -0.376 e. The zero-order valence-electron chi connectivity index (χ0n) is 15.2. The van der Waals surface area contributed by atoms with Crippen LogP contribution in [0.5, 0.6) is 0 Å². The fourth-order valence-corrected chi connectivity index (χ4v) is 3.70. The van der Waals surface area contributed by atoms with Crippen molar-refractivity contribution in [2.45, 2.75) is 45.6 Å². The zero-order chi connectivity index (χ0) is 18.4. The van der Waals surface area contributed by atoms with Gasteiger partial charge in [-0.1, -0.05) is 25.8 Å². The van der Waals surface area contributed by atoms with Crippen LogP contribution in [0.4, 0.5) is 5.69 Å². The number of ether oxygens (including phenoxy) is 1. The zero-order valence-corrected chi connectivity index (χ0v) is 16.0. The molecule has 1 aromatic carbocycles. The van der Waals surface area contributed by atoms with Crippen LogP contribution in [0.2, 0.25) is 0 Å². The van der Waals surface area contributed by atoms with Crippen LogP contribution in [-0.4, -0.2) is 39.8 Å². The number of sulfonamides is 1. The van der Waals surface area contributed by atoms with Crippen LogP contribution in [-0.2, 0) is 14.8 Å². The van der Waals surface area contributed by atoms with Gasteiger partial charge in [0.15, 0.2) is 0 Å². The minimum atomic E-state index is -3.38. The lowest BCUT2D eigenvalue weighted by Crippen LogP contribution is -2.31. The molecule has 1 fully saturated rings. The van der Waals surface area contributed by atoms with Crippen LogP contribution in [0, 0.1) is 12.8 Å². The maximum absolute atomic E-state index is 12.2. The largest absolute Gasteiger partial charge is 0.376 e. The number of carbonyl (C=O) groups excluding carboxylic acids is 1. The summed E-state index contributed by atoms with van der Waals surface area (Å²) < 4.78 is 31.1. The summed E-state index contributed by atoms with van der Waals surface area (Å²) in [6.07, 6.45) is 6.15. The van der Waals surface area contributed by atoms with Crippen molar-refractivity contribution in [3.05, 3.63) is 29.3 Å². The molecular formula is C18H28N2O4S. The maximum Gasteiger partial charge on any atom is 0.251 e. The van der Waals surface area contributed by atoms with E-state index in [0.717, 1.165) is 18.2 Å². The summed E-state index contributed by atoms with van der Waals surface area (Å²) >= 11 is 0. The number of hydrogen-bond donors (Lipinski definition) is 2. The molecule has 0 aromatic heterocycles. The quantitative estimate of drug-likeness (QED) is 0.725. The smallest absolute Gasteiger partial charge is 0.251 e. The maximum atomic E-state index is 12.2. The van der Waals surface area contributed by atoms with Crippen molar-refractivity contribution in [3.8, 4) is 0 Å². The minimum absolute atomic E-state index is 0.239. The van der Waals surface area contributed by atoms with Gasteiger partial charge in [0, 0.05) is 12.1 Å². The Balaban J connectivity index is 1.85. The van der Waals surface area contributed by atoms with E-state index in [1.807, 2.05) is 0 Å². The summed E-state index contributed by atoms with van der Waals surface area (Å²) in [5, 5.41) is 2.82. The van der Waals surface area contributed by atoms with Gasteiger partial charge in [-0.05, 0) is 43.4 Å². The summed E-state index contributed by atoms with van der Waals surface area (Å²) in [7, 11) is -3.38. The average molecular weight is 368 g/mol. The third kappa shape index (κ3) is 6.32. The molecule has 6 nitrogen and oxygen atoms in total. The number of amides is 1. The third-order valence-corrected chi connectivity index (χ3v) is 5.14. The Morgan fingerprint density at radius 3 is 2.68 bits per heavy atom. The van der Waals surface area contributed by atoms with Gasteiger partial charge in [0.25, 0.3) is 5.91 Å². The van der Waals surface area contributed by atoms with Crippen molar-refractivity contribution >= 4 is 21.6 Å². The van der Waals surface area contributed by atoms with Gasteiger partial charge >= 0.3 is 0 Å². The molecule has 2 N–H and O–H groups in total. The molecule has 2 unspecified atom stereocenters. The van der Waals surface area contributed by atoms with E-state index in [1.54, 1.807) is 25.1 Å². The molecule has 0 aliphatic heterocycles. The predicted octanol–water partition coefficient (Wildman–Crippen LogP) is 2.69. The molecule has 1 amide bonds. The number of anilines is 1. The van der Waals surface area contributed by atoms with Crippen LogP contribution in [0.1, 0.15) is 48.5 Å². The Bertz CT molecular complexity index is 703. The molecule has 2 atom stereocenters. The first kappa shape index (κ1) is 19.7. The molecule has 1 aliphatic rings. The summed E-state index contributed by atoms with van der Waals surface area (Å²) in [4.78, 5) is 12.2. The Hall–Kier alpha value is -1.60. The van der Waals surface area contributed by atoms with E-state index in [1.165, 1.54) is 19.3 Å². The Morgan fingerprint density at radius 2 is 2.00 bits per heavy atom. The normalized spacial score (nSPS) is 20.9. The van der Waals surface area contributed by atoms with E-state index in [4.69, 9.17) is 4.74 Å². The van der Waals surface area contributed by atoms with Crippen molar-refractivity contribution in [1.29, 1.82) is 0 Å². The summed E-state index contributed by atoms with van der Waals surface area (Å²) in [6.45, 7) is 4.92. The van der Waals surface area contributed by atoms with Gasteiger partial charge in [0.1, 0.15) is 0 Å². The van der Waals surface area contributed by atoms with Gasteiger partial charge in [0.05, 0.1) is 24.7 Å². The highest BCUT2D eigenvalue weighted by Gasteiger charge is 2.21.